The summed E-state index contributed by atoms with van der Waals surface area (Å²) >= 11 is 0. The van der Waals surface area contributed by atoms with E-state index in [0.717, 1.165) is 18.8 Å². The third-order valence-electron chi connectivity index (χ3n) is 5.74. The number of piperidine rings is 1. The molecule has 1 saturated carbocycles. The summed E-state index contributed by atoms with van der Waals surface area (Å²) < 4.78 is 5.30. The minimum absolute atomic E-state index is 0.0387. The van der Waals surface area contributed by atoms with Crippen LogP contribution in [-0.4, -0.2) is 56.1 Å². The third kappa shape index (κ3) is 3.43. The maximum absolute atomic E-state index is 12.8. The van der Waals surface area contributed by atoms with Crippen LogP contribution >= 0.6 is 0 Å². The molecule has 0 aromatic heterocycles. The van der Waals surface area contributed by atoms with Gasteiger partial charge in [-0.1, -0.05) is 0 Å². The highest BCUT2D eigenvalue weighted by Gasteiger charge is 2.58. The van der Waals surface area contributed by atoms with E-state index in [2.05, 4.69) is 22.3 Å². The molecular formula is C20H27N3O3. The number of anilines is 2. The predicted molar refractivity (Wildman–Crippen MR) is 100 cm³/mol. The highest BCUT2D eigenvalue weighted by Crippen LogP contribution is 2.48. The van der Waals surface area contributed by atoms with E-state index < -0.39 is 5.41 Å². The Morgan fingerprint density at radius 3 is 2.19 bits per heavy atom. The summed E-state index contributed by atoms with van der Waals surface area (Å²) in [7, 11) is 0. The molecule has 0 radical (unpaired) electrons. The van der Waals surface area contributed by atoms with E-state index in [-0.39, 0.29) is 11.8 Å². The number of carbonyl (C=O) groups is 2. The van der Waals surface area contributed by atoms with E-state index in [1.54, 1.807) is 4.90 Å². The van der Waals surface area contributed by atoms with Gasteiger partial charge in [-0.05, 0) is 56.4 Å². The van der Waals surface area contributed by atoms with Crippen molar-refractivity contribution in [1.29, 1.82) is 0 Å². The van der Waals surface area contributed by atoms with Gasteiger partial charge in [0.15, 0.2) is 0 Å². The quantitative estimate of drug-likeness (QED) is 0.840. The molecule has 6 nitrogen and oxygen atoms in total. The lowest BCUT2D eigenvalue weighted by Gasteiger charge is -2.30. The van der Waals surface area contributed by atoms with E-state index in [1.807, 2.05) is 12.1 Å². The van der Waals surface area contributed by atoms with Crippen molar-refractivity contribution in [2.45, 2.75) is 32.1 Å². The first kappa shape index (κ1) is 17.3. The van der Waals surface area contributed by atoms with Crippen molar-refractivity contribution in [3.05, 3.63) is 24.3 Å². The van der Waals surface area contributed by atoms with Gasteiger partial charge in [0, 0.05) is 37.6 Å². The molecule has 26 heavy (non-hydrogen) atoms. The van der Waals surface area contributed by atoms with Crippen LogP contribution in [0.2, 0.25) is 0 Å². The summed E-state index contributed by atoms with van der Waals surface area (Å²) in [6.07, 6.45) is 5.07. The number of benzene rings is 1. The van der Waals surface area contributed by atoms with Gasteiger partial charge in [-0.15, -0.1) is 0 Å². The number of nitrogens with zero attached hydrogens (tertiary/aromatic N) is 2. The lowest BCUT2D eigenvalue weighted by Crippen LogP contribution is -2.47. The molecule has 2 aliphatic heterocycles. The largest absolute Gasteiger partial charge is 0.378 e. The molecule has 0 spiro atoms. The van der Waals surface area contributed by atoms with Crippen LogP contribution in [0.1, 0.15) is 32.1 Å². The Morgan fingerprint density at radius 2 is 1.58 bits per heavy atom. The number of hydrogen-bond acceptors (Lipinski definition) is 4. The van der Waals surface area contributed by atoms with E-state index in [4.69, 9.17) is 4.74 Å². The van der Waals surface area contributed by atoms with E-state index in [0.29, 0.717) is 39.1 Å². The van der Waals surface area contributed by atoms with Gasteiger partial charge in [0.05, 0.1) is 13.2 Å². The van der Waals surface area contributed by atoms with Crippen molar-refractivity contribution < 1.29 is 14.3 Å². The first-order chi connectivity index (χ1) is 12.7. The molecule has 1 aliphatic carbocycles. The summed E-state index contributed by atoms with van der Waals surface area (Å²) in [5.41, 5.74) is 1.10. The Balaban J connectivity index is 1.38. The first-order valence-electron chi connectivity index (χ1n) is 9.73. The fourth-order valence-corrected chi connectivity index (χ4v) is 3.89. The maximum atomic E-state index is 12.8. The van der Waals surface area contributed by atoms with Gasteiger partial charge in [-0.3, -0.25) is 9.59 Å². The molecule has 0 bridgehead atoms. The maximum Gasteiger partial charge on any atom is 0.240 e. The predicted octanol–water partition coefficient (Wildman–Crippen LogP) is 2.25. The van der Waals surface area contributed by atoms with Gasteiger partial charge < -0.3 is 19.9 Å². The fraction of sp³-hybridized carbons (Fsp3) is 0.600. The second kappa shape index (κ2) is 7.27. The van der Waals surface area contributed by atoms with Crippen molar-refractivity contribution in [2.24, 2.45) is 5.41 Å². The van der Waals surface area contributed by atoms with Gasteiger partial charge in [-0.25, -0.2) is 0 Å². The summed E-state index contributed by atoms with van der Waals surface area (Å²) in [4.78, 5) is 29.7. The topological polar surface area (TPSA) is 61.9 Å². The van der Waals surface area contributed by atoms with Crippen LogP contribution in [0.3, 0.4) is 0 Å². The Hall–Kier alpha value is -2.08. The molecular weight excluding hydrogens is 330 g/mol. The number of amides is 2. The highest BCUT2D eigenvalue weighted by atomic mass is 16.5. The molecule has 1 N–H and O–H groups in total. The van der Waals surface area contributed by atoms with Gasteiger partial charge in [0.25, 0.3) is 0 Å². The van der Waals surface area contributed by atoms with Gasteiger partial charge >= 0.3 is 0 Å². The van der Waals surface area contributed by atoms with Gasteiger partial charge in [0.2, 0.25) is 11.8 Å². The summed E-state index contributed by atoms with van der Waals surface area (Å²) in [5.74, 6) is -0.206. The van der Waals surface area contributed by atoms with Crippen LogP contribution in [0.5, 0.6) is 0 Å². The SMILES string of the molecule is O=C(Nc1ccc(N2CCCCC2)cc1)C1(C(=O)N2CCOCC2)CC1. The van der Waals surface area contributed by atoms with Crippen molar-refractivity contribution in [1.82, 2.24) is 4.90 Å². The number of ether oxygens (including phenoxy) is 1. The smallest absolute Gasteiger partial charge is 0.240 e. The zero-order valence-corrected chi connectivity index (χ0v) is 15.2. The fourth-order valence-electron chi connectivity index (χ4n) is 3.89. The second-order valence-corrected chi connectivity index (χ2v) is 7.54. The van der Waals surface area contributed by atoms with E-state index in [9.17, 15) is 9.59 Å². The minimum Gasteiger partial charge on any atom is -0.378 e. The van der Waals surface area contributed by atoms with Gasteiger partial charge in [0.1, 0.15) is 5.41 Å². The number of nitrogens with one attached hydrogen (secondary N) is 1. The molecule has 3 aliphatic rings. The molecule has 2 amide bonds. The van der Waals surface area contributed by atoms with Crippen LogP contribution in [-0.2, 0) is 14.3 Å². The van der Waals surface area contributed by atoms with Crippen LogP contribution in [0, 0.1) is 5.41 Å². The van der Waals surface area contributed by atoms with E-state index in [1.165, 1.54) is 24.9 Å². The molecule has 140 valence electrons. The molecule has 0 unspecified atom stereocenters. The molecule has 2 saturated heterocycles. The summed E-state index contributed by atoms with van der Waals surface area (Å²) in [5, 5.41) is 2.96. The number of rotatable bonds is 4. The highest BCUT2D eigenvalue weighted by molar-refractivity contribution is 6.13. The van der Waals surface area contributed by atoms with Crippen molar-refractivity contribution in [3.8, 4) is 0 Å². The standard InChI is InChI=1S/C20H27N3O3/c24-18(20(8-9-20)19(25)23-12-14-26-15-13-23)21-16-4-6-17(7-5-16)22-10-2-1-3-11-22/h4-7H,1-3,8-15H2,(H,21,24). The van der Waals surface area contributed by atoms with Crippen molar-refractivity contribution >= 4 is 23.2 Å². The molecule has 4 rings (SSSR count). The van der Waals surface area contributed by atoms with Crippen LogP contribution in [0.4, 0.5) is 11.4 Å². The number of hydrogen-bond donors (Lipinski definition) is 1. The Kier molecular flexibility index (Phi) is 4.85. The zero-order valence-electron chi connectivity index (χ0n) is 15.2. The molecule has 0 atom stereocenters. The monoisotopic (exact) mass is 357 g/mol. The van der Waals surface area contributed by atoms with Crippen LogP contribution in [0.15, 0.2) is 24.3 Å². The Morgan fingerprint density at radius 1 is 0.923 bits per heavy atom. The van der Waals surface area contributed by atoms with Crippen LogP contribution < -0.4 is 10.2 Å². The molecule has 2 heterocycles. The van der Waals surface area contributed by atoms with Gasteiger partial charge in [-0.2, -0.15) is 0 Å². The minimum atomic E-state index is -0.858. The average molecular weight is 357 g/mol. The lowest BCUT2D eigenvalue weighted by molar-refractivity contribution is -0.145. The molecule has 1 aromatic rings. The van der Waals surface area contributed by atoms with E-state index >= 15 is 0 Å². The first-order valence-corrected chi connectivity index (χ1v) is 9.73. The molecule has 6 heteroatoms. The second-order valence-electron chi connectivity index (χ2n) is 7.54. The average Bonchev–Trinajstić information content (AvgIpc) is 3.51. The molecule has 3 fully saturated rings. The zero-order chi connectivity index (χ0) is 18.0. The Bertz CT molecular complexity index is 657. The third-order valence-corrected chi connectivity index (χ3v) is 5.74. The summed E-state index contributed by atoms with van der Waals surface area (Å²) in [6.45, 7) is 4.48. The normalized spacial score (nSPS) is 22.0. The molecule has 1 aromatic carbocycles. The van der Waals surface area contributed by atoms with Crippen molar-refractivity contribution in [2.75, 3.05) is 49.6 Å². The summed E-state index contributed by atoms with van der Waals surface area (Å²) in [6, 6.07) is 8.00. The van der Waals surface area contributed by atoms with Crippen LogP contribution in [0.25, 0.3) is 0 Å². The number of carbonyl (C=O) groups excluding carboxylic acids is 2. The van der Waals surface area contributed by atoms with Crippen molar-refractivity contribution in [3.63, 3.8) is 0 Å². The Labute approximate surface area is 154 Å². The lowest BCUT2D eigenvalue weighted by atomic mass is 10.0. The number of morpholine rings is 1.